The van der Waals surface area contributed by atoms with Crippen LogP contribution in [0.25, 0.3) is 0 Å². The predicted octanol–water partition coefficient (Wildman–Crippen LogP) is 3.87. The maximum absolute atomic E-state index is 11.8. The van der Waals surface area contributed by atoms with Crippen molar-refractivity contribution in [2.24, 2.45) is 0 Å². The fraction of sp³-hybridized carbons (Fsp3) is 0. The molecule has 0 fully saturated rings. The van der Waals surface area contributed by atoms with E-state index in [0.717, 1.165) is 0 Å². The molecule has 0 bridgehead atoms. The van der Waals surface area contributed by atoms with Gasteiger partial charge in [-0.1, -0.05) is 31.9 Å². The van der Waals surface area contributed by atoms with Gasteiger partial charge in [-0.25, -0.2) is 0 Å². The van der Waals surface area contributed by atoms with Crippen LogP contribution in [0, 0.1) is 0 Å². The molecule has 2 rings (SSSR count). The van der Waals surface area contributed by atoms with Crippen LogP contribution in [0.4, 0.5) is 0 Å². The van der Waals surface area contributed by atoms with Gasteiger partial charge in [-0.05, 0) is 28.1 Å². The summed E-state index contributed by atoms with van der Waals surface area (Å²) in [7, 11) is 0. The van der Waals surface area contributed by atoms with Crippen molar-refractivity contribution in [2.45, 2.75) is 0 Å². The van der Waals surface area contributed by atoms with E-state index in [1.165, 1.54) is 6.08 Å². The fourth-order valence-electron chi connectivity index (χ4n) is 1.39. The molecule has 1 aliphatic carbocycles. The number of rotatable bonds is 0. The second-order valence-electron chi connectivity index (χ2n) is 2.96. The van der Waals surface area contributed by atoms with Gasteiger partial charge in [0.25, 0.3) is 0 Å². The third-order valence-electron chi connectivity index (χ3n) is 2.05. The van der Waals surface area contributed by atoms with Crippen molar-refractivity contribution in [1.29, 1.82) is 0 Å². The molecule has 76 valence electrons. The minimum absolute atomic E-state index is 0.176. The fourth-order valence-corrected chi connectivity index (χ4v) is 2.83. The molecule has 0 aliphatic heterocycles. The number of hydrogen-bond acceptors (Lipinski definition) is 2. The number of allylic oxidation sites excluding steroid dienone is 2. The molecule has 0 aromatic heterocycles. The number of ketones is 2. The zero-order valence-corrected chi connectivity index (χ0v) is 11.9. The summed E-state index contributed by atoms with van der Waals surface area (Å²) in [5.41, 5.74) is 0.821. The molecule has 0 saturated heterocycles. The van der Waals surface area contributed by atoms with Gasteiger partial charge < -0.3 is 0 Å². The normalized spacial score (nSPS) is 15.0. The molecule has 0 N–H and O–H groups in total. The van der Waals surface area contributed by atoms with Gasteiger partial charge in [0.1, 0.15) is 0 Å². The van der Waals surface area contributed by atoms with E-state index in [0.29, 0.717) is 24.6 Å². The number of carbonyl (C=O) groups is 2. The highest BCUT2D eigenvalue weighted by atomic mass is 79.9. The van der Waals surface area contributed by atoms with E-state index >= 15 is 0 Å². The van der Waals surface area contributed by atoms with Crippen LogP contribution in [0.2, 0.25) is 0 Å². The summed E-state index contributed by atoms with van der Waals surface area (Å²) in [6, 6.07) is 3.47. The minimum atomic E-state index is -0.183. The number of benzene rings is 1. The number of Topliss-reactive ketones (excluding diaryl/α,β-unsaturated/α-hetero) is 1. The van der Waals surface area contributed by atoms with Crippen LogP contribution in [-0.2, 0) is 0 Å². The average Bonchev–Trinajstić information content (AvgIpc) is 2.18. The predicted molar refractivity (Wildman–Crippen MR) is 67.5 cm³/mol. The molecule has 1 aromatic rings. The molecular weight excluding hydrogens is 392 g/mol. The van der Waals surface area contributed by atoms with E-state index < -0.39 is 0 Å². The maximum Gasteiger partial charge on any atom is 0.202 e. The Bertz CT molecular complexity index is 518. The van der Waals surface area contributed by atoms with Gasteiger partial charge in [-0.2, -0.15) is 0 Å². The Kier molecular flexibility index (Phi) is 2.96. The van der Waals surface area contributed by atoms with Crippen molar-refractivity contribution < 1.29 is 9.59 Å². The Morgan fingerprint density at radius 1 is 0.867 bits per heavy atom. The highest BCUT2D eigenvalue weighted by molar-refractivity contribution is 9.12. The molecule has 0 heterocycles. The number of carbonyl (C=O) groups excluding carboxylic acids is 2. The van der Waals surface area contributed by atoms with E-state index in [9.17, 15) is 9.59 Å². The molecule has 2 nitrogen and oxygen atoms in total. The highest BCUT2D eigenvalue weighted by Gasteiger charge is 2.28. The largest absolute Gasteiger partial charge is 0.289 e. The molecule has 0 saturated carbocycles. The number of halogens is 3. The number of fused-ring (bicyclic) bond motifs is 1. The molecule has 0 radical (unpaired) electrons. The smallest absolute Gasteiger partial charge is 0.202 e. The summed E-state index contributed by atoms with van der Waals surface area (Å²) < 4.78 is 1.55. The summed E-state index contributed by atoms with van der Waals surface area (Å²) in [5.74, 6) is -0.359. The van der Waals surface area contributed by atoms with Crippen LogP contribution in [0.1, 0.15) is 20.7 Å². The van der Waals surface area contributed by atoms with E-state index in [1.54, 1.807) is 12.1 Å². The average molecular weight is 395 g/mol. The maximum atomic E-state index is 11.8. The Labute approximate surface area is 111 Å². The topological polar surface area (TPSA) is 34.1 Å². The lowest BCUT2D eigenvalue weighted by molar-refractivity contribution is 0.0990. The van der Waals surface area contributed by atoms with E-state index in [-0.39, 0.29) is 11.6 Å². The second kappa shape index (κ2) is 3.96. The first-order chi connectivity index (χ1) is 7.02. The Morgan fingerprint density at radius 2 is 1.40 bits per heavy atom. The Balaban J connectivity index is 2.82. The summed E-state index contributed by atoms with van der Waals surface area (Å²) in [6.45, 7) is 0. The van der Waals surface area contributed by atoms with Crippen LogP contribution in [0.15, 0.2) is 31.6 Å². The van der Waals surface area contributed by atoms with Crippen LogP contribution in [-0.4, -0.2) is 11.6 Å². The lowest BCUT2D eigenvalue weighted by Crippen LogP contribution is -2.15. The summed E-state index contributed by atoms with van der Waals surface area (Å²) >= 11 is 9.61. The molecule has 5 heteroatoms. The third-order valence-corrected chi connectivity index (χ3v) is 3.96. The first-order valence-electron chi connectivity index (χ1n) is 3.96. The Morgan fingerprint density at radius 3 is 2.00 bits per heavy atom. The number of hydrogen-bond donors (Lipinski definition) is 0. The quantitative estimate of drug-likeness (QED) is 0.669. The molecule has 1 aliphatic rings. The third kappa shape index (κ3) is 1.77. The van der Waals surface area contributed by atoms with Gasteiger partial charge in [0.15, 0.2) is 5.78 Å². The van der Waals surface area contributed by atoms with E-state index in [4.69, 9.17) is 0 Å². The van der Waals surface area contributed by atoms with E-state index in [1.807, 2.05) is 0 Å². The zero-order valence-electron chi connectivity index (χ0n) is 7.18. The first kappa shape index (κ1) is 11.2. The summed E-state index contributed by atoms with van der Waals surface area (Å²) in [5, 5.41) is 0. The molecule has 1 aromatic carbocycles. The van der Waals surface area contributed by atoms with Crippen molar-refractivity contribution in [3.8, 4) is 0 Å². The van der Waals surface area contributed by atoms with Crippen molar-refractivity contribution in [2.75, 3.05) is 0 Å². The molecule has 0 atom stereocenters. The van der Waals surface area contributed by atoms with Crippen molar-refractivity contribution in [3.63, 3.8) is 0 Å². The highest BCUT2D eigenvalue weighted by Crippen LogP contribution is 2.34. The molecular formula is C10H3Br3O2. The SMILES string of the molecule is O=C1C=C(Br)C(=O)c2c(Br)ccc(Br)c21. The molecule has 0 unspecified atom stereocenters. The first-order valence-corrected chi connectivity index (χ1v) is 6.34. The Hall–Kier alpha value is -0.260. The van der Waals surface area contributed by atoms with E-state index in [2.05, 4.69) is 47.8 Å². The summed E-state index contributed by atoms with van der Waals surface area (Å²) in [4.78, 5) is 23.5. The lowest BCUT2D eigenvalue weighted by Gasteiger charge is -2.14. The monoisotopic (exact) mass is 392 g/mol. The minimum Gasteiger partial charge on any atom is -0.289 e. The van der Waals surface area contributed by atoms with Crippen LogP contribution in [0.5, 0.6) is 0 Å². The summed E-state index contributed by atoms with van der Waals surface area (Å²) in [6.07, 6.45) is 1.29. The van der Waals surface area contributed by atoms with Crippen molar-refractivity contribution >= 4 is 59.4 Å². The standard InChI is InChI=1S/C10H3Br3O2/c11-4-1-2-5(12)9-8(4)7(14)3-6(13)10(9)15/h1-3H. The van der Waals surface area contributed by atoms with Gasteiger partial charge in [0.05, 0.1) is 4.48 Å². The molecule has 0 spiro atoms. The van der Waals surface area contributed by atoms with Gasteiger partial charge in [-0.3, -0.25) is 9.59 Å². The van der Waals surface area contributed by atoms with Crippen LogP contribution < -0.4 is 0 Å². The second-order valence-corrected chi connectivity index (χ2v) is 5.53. The van der Waals surface area contributed by atoms with Gasteiger partial charge in [0.2, 0.25) is 5.78 Å². The van der Waals surface area contributed by atoms with Crippen molar-refractivity contribution in [3.05, 3.63) is 42.8 Å². The van der Waals surface area contributed by atoms with Crippen molar-refractivity contribution in [1.82, 2.24) is 0 Å². The molecule has 0 amide bonds. The lowest BCUT2D eigenvalue weighted by atomic mass is 9.95. The van der Waals surface area contributed by atoms with Crippen LogP contribution in [0.3, 0.4) is 0 Å². The van der Waals surface area contributed by atoms with Gasteiger partial charge in [0, 0.05) is 26.1 Å². The van der Waals surface area contributed by atoms with Crippen LogP contribution >= 0.6 is 47.8 Å². The molecule has 15 heavy (non-hydrogen) atoms. The van der Waals surface area contributed by atoms with Gasteiger partial charge >= 0.3 is 0 Å². The van der Waals surface area contributed by atoms with Gasteiger partial charge in [-0.15, -0.1) is 0 Å². The zero-order chi connectivity index (χ0) is 11.2.